The molecule has 1 aromatic carbocycles. The molecule has 15 heavy (non-hydrogen) atoms. The van der Waals surface area contributed by atoms with Crippen LogP contribution < -0.4 is 4.74 Å². The Labute approximate surface area is 94.2 Å². The number of halogens is 1. The molecular formula is C12H13ClO2. The van der Waals surface area contributed by atoms with E-state index in [-0.39, 0.29) is 6.10 Å². The van der Waals surface area contributed by atoms with Gasteiger partial charge in [-0.3, -0.25) is 4.79 Å². The number of hydrogen-bond acceptors (Lipinski definition) is 2. The Morgan fingerprint density at radius 1 is 1.27 bits per heavy atom. The first-order chi connectivity index (χ1) is 7.27. The van der Waals surface area contributed by atoms with E-state index in [1.54, 1.807) is 18.2 Å². The molecule has 1 aromatic rings. The zero-order valence-electron chi connectivity index (χ0n) is 8.41. The van der Waals surface area contributed by atoms with Crippen molar-refractivity contribution in [1.82, 2.24) is 0 Å². The lowest BCUT2D eigenvalue weighted by Crippen LogP contribution is -2.12. The second-order valence-electron chi connectivity index (χ2n) is 3.79. The molecule has 0 spiro atoms. The van der Waals surface area contributed by atoms with Crippen LogP contribution in [-0.2, 0) is 0 Å². The van der Waals surface area contributed by atoms with Gasteiger partial charge in [0.25, 0.3) is 5.24 Å². The molecule has 0 radical (unpaired) electrons. The number of carbonyl (C=O) groups is 1. The van der Waals surface area contributed by atoms with E-state index < -0.39 is 5.24 Å². The second-order valence-corrected chi connectivity index (χ2v) is 4.14. The minimum atomic E-state index is -0.455. The highest BCUT2D eigenvalue weighted by atomic mass is 35.5. The molecule has 0 aliphatic heterocycles. The molecule has 0 amide bonds. The molecule has 0 aromatic heterocycles. The van der Waals surface area contributed by atoms with Crippen molar-refractivity contribution in [2.75, 3.05) is 0 Å². The highest BCUT2D eigenvalue weighted by Crippen LogP contribution is 2.27. The largest absolute Gasteiger partial charge is 0.490 e. The molecule has 0 atom stereocenters. The molecule has 2 nitrogen and oxygen atoms in total. The first-order valence-electron chi connectivity index (χ1n) is 5.23. The van der Waals surface area contributed by atoms with Gasteiger partial charge in [0.05, 0.1) is 11.7 Å². The van der Waals surface area contributed by atoms with Crippen LogP contribution in [0.25, 0.3) is 0 Å². The summed E-state index contributed by atoms with van der Waals surface area (Å²) in [6, 6.07) is 7.14. The minimum Gasteiger partial charge on any atom is -0.490 e. The lowest BCUT2D eigenvalue weighted by atomic mass is 10.2. The average molecular weight is 225 g/mol. The van der Waals surface area contributed by atoms with Crippen molar-refractivity contribution in [3.05, 3.63) is 29.8 Å². The Hall–Kier alpha value is -1.02. The fourth-order valence-electron chi connectivity index (χ4n) is 1.92. The topological polar surface area (TPSA) is 26.3 Å². The third-order valence-electron chi connectivity index (χ3n) is 2.69. The van der Waals surface area contributed by atoms with Crippen LogP contribution in [0.3, 0.4) is 0 Å². The van der Waals surface area contributed by atoms with Crippen LogP contribution in [0.4, 0.5) is 0 Å². The van der Waals surface area contributed by atoms with Crippen molar-refractivity contribution in [2.45, 2.75) is 31.8 Å². The van der Waals surface area contributed by atoms with Gasteiger partial charge < -0.3 is 4.74 Å². The molecule has 80 valence electrons. The summed E-state index contributed by atoms with van der Waals surface area (Å²) in [4.78, 5) is 11.1. The summed E-state index contributed by atoms with van der Waals surface area (Å²) in [6.45, 7) is 0. The number of carbonyl (C=O) groups excluding carboxylic acids is 1. The van der Waals surface area contributed by atoms with Gasteiger partial charge in [0.15, 0.2) is 0 Å². The molecule has 3 heteroatoms. The van der Waals surface area contributed by atoms with Crippen LogP contribution in [0, 0.1) is 0 Å². The normalized spacial score (nSPS) is 16.6. The molecule has 0 saturated heterocycles. The number of ether oxygens (including phenoxy) is 1. The molecule has 1 fully saturated rings. The number of hydrogen-bond donors (Lipinski definition) is 0. The van der Waals surface area contributed by atoms with Gasteiger partial charge in [-0.25, -0.2) is 0 Å². The van der Waals surface area contributed by atoms with Crippen molar-refractivity contribution >= 4 is 16.8 Å². The standard InChI is InChI=1S/C12H13ClO2/c13-12(14)10-7-3-4-8-11(10)15-9-5-1-2-6-9/h3-4,7-9H,1-2,5-6H2. The van der Waals surface area contributed by atoms with Crippen molar-refractivity contribution in [1.29, 1.82) is 0 Å². The van der Waals surface area contributed by atoms with E-state index in [9.17, 15) is 4.79 Å². The molecule has 2 rings (SSSR count). The fourth-order valence-corrected chi connectivity index (χ4v) is 2.07. The Morgan fingerprint density at radius 2 is 1.93 bits per heavy atom. The summed E-state index contributed by atoms with van der Waals surface area (Å²) in [6.07, 6.45) is 4.82. The quantitative estimate of drug-likeness (QED) is 0.736. The minimum absolute atomic E-state index is 0.252. The summed E-state index contributed by atoms with van der Waals surface area (Å²) in [7, 11) is 0. The Balaban J connectivity index is 2.15. The first-order valence-corrected chi connectivity index (χ1v) is 5.60. The zero-order valence-corrected chi connectivity index (χ0v) is 9.17. The fraction of sp³-hybridized carbons (Fsp3) is 0.417. The molecule has 1 saturated carbocycles. The Kier molecular flexibility index (Phi) is 3.27. The predicted octanol–water partition coefficient (Wildman–Crippen LogP) is 3.39. The summed E-state index contributed by atoms with van der Waals surface area (Å²) in [5, 5.41) is -0.455. The molecule has 0 unspecified atom stereocenters. The average Bonchev–Trinajstić information content (AvgIpc) is 2.71. The summed E-state index contributed by atoms with van der Waals surface area (Å²) >= 11 is 5.47. The van der Waals surface area contributed by atoms with Gasteiger partial charge in [-0.05, 0) is 49.4 Å². The van der Waals surface area contributed by atoms with E-state index in [4.69, 9.17) is 16.3 Å². The number of para-hydroxylation sites is 1. The lowest BCUT2D eigenvalue weighted by Gasteiger charge is -2.14. The third-order valence-corrected chi connectivity index (χ3v) is 2.90. The van der Waals surface area contributed by atoms with Gasteiger partial charge in [0.2, 0.25) is 0 Å². The maximum Gasteiger partial charge on any atom is 0.256 e. The molecule has 0 bridgehead atoms. The Morgan fingerprint density at radius 3 is 2.60 bits per heavy atom. The monoisotopic (exact) mass is 224 g/mol. The summed E-state index contributed by atoms with van der Waals surface area (Å²) < 4.78 is 5.76. The van der Waals surface area contributed by atoms with Crippen LogP contribution >= 0.6 is 11.6 Å². The maximum atomic E-state index is 11.1. The molecule has 0 heterocycles. The summed E-state index contributed by atoms with van der Waals surface area (Å²) in [5.41, 5.74) is 0.464. The molecule has 1 aliphatic rings. The number of rotatable bonds is 3. The lowest BCUT2D eigenvalue weighted by molar-refractivity contribution is 0.107. The first kappa shape index (κ1) is 10.5. The second kappa shape index (κ2) is 4.67. The van der Waals surface area contributed by atoms with Crippen LogP contribution in [0.15, 0.2) is 24.3 Å². The van der Waals surface area contributed by atoms with Gasteiger partial charge in [0, 0.05) is 0 Å². The van der Waals surface area contributed by atoms with Crippen LogP contribution in [-0.4, -0.2) is 11.3 Å². The third kappa shape index (κ3) is 2.51. The highest BCUT2D eigenvalue weighted by molar-refractivity contribution is 6.68. The van der Waals surface area contributed by atoms with Crippen LogP contribution in [0.1, 0.15) is 36.0 Å². The van der Waals surface area contributed by atoms with Crippen LogP contribution in [0.5, 0.6) is 5.75 Å². The van der Waals surface area contributed by atoms with Crippen molar-refractivity contribution in [2.24, 2.45) is 0 Å². The Bertz CT molecular complexity index is 356. The predicted molar refractivity (Wildman–Crippen MR) is 59.5 cm³/mol. The van der Waals surface area contributed by atoms with Crippen molar-refractivity contribution in [3.8, 4) is 5.75 Å². The van der Waals surface area contributed by atoms with E-state index in [1.807, 2.05) is 6.07 Å². The van der Waals surface area contributed by atoms with Crippen LogP contribution in [0.2, 0.25) is 0 Å². The van der Waals surface area contributed by atoms with Gasteiger partial charge in [0.1, 0.15) is 5.75 Å². The molecule has 1 aliphatic carbocycles. The number of benzene rings is 1. The smallest absolute Gasteiger partial charge is 0.256 e. The van der Waals surface area contributed by atoms with E-state index >= 15 is 0 Å². The highest BCUT2D eigenvalue weighted by Gasteiger charge is 2.18. The van der Waals surface area contributed by atoms with E-state index in [0.717, 1.165) is 12.8 Å². The van der Waals surface area contributed by atoms with Crippen molar-refractivity contribution in [3.63, 3.8) is 0 Å². The maximum absolute atomic E-state index is 11.1. The molecule has 0 N–H and O–H groups in total. The van der Waals surface area contributed by atoms with Crippen molar-refractivity contribution < 1.29 is 9.53 Å². The van der Waals surface area contributed by atoms with E-state index in [2.05, 4.69) is 0 Å². The zero-order chi connectivity index (χ0) is 10.7. The van der Waals surface area contributed by atoms with E-state index in [0.29, 0.717) is 11.3 Å². The van der Waals surface area contributed by atoms with Gasteiger partial charge >= 0.3 is 0 Å². The van der Waals surface area contributed by atoms with E-state index in [1.165, 1.54) is 12.8 Å². The van der Waals surface area contributed by atoms with Gasteiger partial charge in [-0.15, -0.1) is 0 Å². The van der Waals surface area contributed by atoms with Gasteiger partial charge in [-0.2, -0.15) is 0 Å². The SMILES string of the molecule is O=C(Cl)c1ccccc1OC1CCCC1. The summed E-state index contributed by atoms with van der Waals surface area (Å²) in [5.74, 6) is 0.615. The van der Waals surface area contributed by atoms with Gasteiger partial charge in [-0.1, -0.05) is 12.1 Å². The molecular weight excluding hydrogens is 212 g/mol.